The van der Waals surface area contributed by atoms with E-state index in [2.05, 4.69) is 5.43 Å². The molecule has 6 atom stereocenters. The van der Waals surface area contributed by atoms with Gasteiger partial charge in [-0.15, -0.1) is 0 Å². The van der Waals surface area contributed by atoms with E-state index in [4.69, 9.17) is 16.3 Å². The molecule has 0 aromatic heterocycles. The number of nitrogens with zero attached hydrogens (tertiary/aromatic N) is 2. The first-order valence-electron chi connectivity index (χ1n) is 16.3. The van der Waals surface area contributed by atoms with Gasteiger partial charge in [-0.1, -0.05) is 59.6 Å². The zero-order valence-corrected chi connectivity index (χ0v) is 27.5. The molecule has 0 bridgehead atoms. The van der Waals surface area contributed by atoms with Crippen molar-refractivity contribution in [1.82, 2.24) is 5.01 Å². The Morgan fingerprint density at radius 2 is 1.58 bits per heavy atom. The molecule has 0 unspecified atom stereocenters. The number of imide groups is 2. The summed E-state index contributed by atoms with van der Waals surface area (Å²) in [5, 5.41) is 13.0. The Balaban J connectivity index is 1.36. The summed E-state index contributed by atoms with van der Waals surface area (Å²) in [7, 11) is 1.46. The first-order valence-corrected chi connectivity index (χ1v) is 16.7. The summed E-state index contributed by atoms with van der Waals surface area (Å²) >= 11 is 6.35. The van der Waals surface area contributed by atoms with Gasteiger partial charge in [0.2, 0.25) is 11.8 Å². The van der Waals surface area contributed by atoms with Crippen LogP contribution in [0.1, 0.15) is 29.9 Å². The SMILES string of the molecule is COc1cccc(O)c1[C@H]1C2=CC[C@@H]3C(=O)N(c4ccccc4)C(=O)[C@@H]3[C@@H]2C[C@H]2C(=O)N(Nc3ccc(F)cc3)C(=O)[C@@]12c1ccc(Cl)cc1. The molecule has 2 heterocycles. The average molecular weight is 692 g/mol. The summed E-state index contributed by atoms with van der Waals surface area (Å²) in [5.74, 6) is -6.40. The van der Waals surface area contributed by atoms with Crippen molar-refractivity contribution >= 4 is 46.6 Å². The number of phenols is 1. The Morgan fingerprint density at radius 1 is 0.860 bits per heavy atom. The number of aromatic hydroxyl groups is 1. The zero-order chi connectivity index (χ0) is 34.9. The van der Waals surface area contributed by atoms with Gasteiger partial charge in [0.1, 0.15) is 17.3 Å². The highest BCUT2D eigenvalue weighted by Crippen LogP contribution is 2.66. The molecule has 2 aliphatic carbocycles. The third-order valence-corrected chi connectivity index (χ3v) is 11.1. The van der Waals surface area contributed by atoms with Crippen LogP contribution in [-0.2, 0) is 24.6 Å². The fourth-order valence-electron chi connectivity index (χ4n) is 8.80. The molecule has 0 radical (unpaired) electrons. The molecule has 4 aromatic rings. The number of hydrazine groups is 1. The largest absolute Gasteiger partial charge is 0.508 e. The molecular formula is C39H31ClFN3O6. The zero-order valence-electron chi connectivity index (χ0n) is 26.8. The minimum Gasteiger partial charge on any atom is -0.508 e. The van der Waals surface area contributed by atoms with E-state index in [0.717, 1.165) is 5.01 Å². The van der Waals surface area contributed by atoms with Gasteiger partial charge in [-0.3, -0.25) is 29.5 Å². The molecule has 2 saturated heterocycles. The molecular weight excluding hydrogens is 661 g/mol. The quantitative estimate of drug-likeness (QED) is 0.178. The number of hydrogen-bond acceptors (Lipinski definition) is 7. The summed E-state index contributed by atoms with van der Waals surface area (Å²) in [6.45, 7) is 0. The molecule has 0 spiro atoms. The summed E-state index contributed by atoms with van der Waals surface area (Å²) in [6.07, 6.45) is 2.19. The number of hydrogen-bond donors (Lipinski definition) is 2. The average Bonchev–Trinajstić information content (AvgIpc) is 3.50. The molecule has 50 heavy (non-hydrogen) atoms. The lowest BCUT2D eigenvalue weighted by atomic mass is 9.49. The predicted octanol–water partition coefficient (Wildman–Crippen LogP) is 6.38. The fraction of sp³-hybridized carbons (Fsp3) is 0.231. The van der Waals surface area contributed by atoms with Crippen molar-refractivity contribution in [2.24, 2.45) is 23.7 Å². The second-order valence-corrected chi connectivity index (χ2v) is 13.6. The Bertz CT molecular complexity index is 2090. The molecule has 2 N–H and O–H groups in total. The monoisotopic (exact) mass is 691 g/mol. The van der Waals surface area contributed by atoms with Gasteiger partial charge in [0.15, 0.2) is 0 Å². The highest BCUT2D eigenvalue weighted by atomic mass is 35.5. The molecule has 2 aliphatic heterocycles. The lowest BCUT2D eigenvalue weighted by molar-refractivity contribution is -0.138. The van der Waals surface area contributed by atoms with Gasteiger partial charge in [0.25, 0.3) is 11.8 Å². The van der Waals surface area contributed by atoms with E-state index in [1.165, 1.54) is 42.3 Å². The van der Waals surface area contributed by atoms with Crippen molar-refractivity contribution in [3.05, 3.63) is 131 Å². The van der Waals surface area contributed by atoms with Crippen LogP contribution >= 0.6 is 11.6 Å². The lowest BCUT2D eigenvalue weighted by Gasteiger charge is -2.50. The minimum absolute atomic E-state index is 0.0653. The van der Waals surface area contributed by atoms with Crippen LogP contribution in [0, 0.1) is 29.5 Å². The van der Waals surface area contributed by atoms with Crippen molar-refractivity contribution in [2.75, 3.05) is 17.4 Å². The van der Waals surface area contributed by atoms with E-state index >= 15 is 4.79 Å². The Morgan fingerprint density at radius 3 is 2.28 bits per heavy atom. The molecule has 4 aromatic carbocycles. The number of allylic oxidation sites excluding steroid dienone is 2. The molecule has 4 aliphatic rings. The first-order chi connectivity index (χ1) is 24.2. The van der Waals surface area contributed by atoms with Crippen LogP contribution in [0.15, 0.2) is 109 Å². The molecule has 3 fully saturated rings. The number of halogens is 2. The van der Waals surface area contributed by atoms with Crippen molar-refractivity contribution in [3.8, 4) is 11.5 Å². The van der Waals surface area contributed by atoms with Crippen LogP contribution in [0.25, 0.3) is 0 Å². The number of benzene rings is 4. The normalized spacial score (nSPS) is 27.1. The van der Waals surface area contributed by atoms with Crippen molar-refractivity contribution in [1.29, 1.82) is 0 Å². The number of phenolic OH excluding ortho intramolecular Hbond substituents is 1. The van der Waals surface area contributed by atoms with Gasteiger partial charge in [-0.05, 0) is 85.0 Å². The number of nitrogens with one attached hydrogen (secondary N) is 1. The van der Waals surface area contributed by atoms with E-state index in [9.17, 15) is 23.9 Å². The van der Waals surface area contributed by atoms with Crippen LogP contribution < -0.4 is 15.1 Å². The maximum absolute atomic E-state index is 15.2. The Labute approximate surface area is 291 Å². The number of carbonyl (C=O) groups is 4. The number of fused-ring (bicyclic) bond motifs is 4. The van der Waals surface area contributed by atoms with E-state index in [0.29, 0.717) is 27.5 Å². The van der Waals surface area contributed by atoms with Gasteiger partial charge >= 0.3 is 0 Å². The van der Waals surface area contributed by atoms with E-state index in [-0.39, 0.29) is 41.7 Å². The molecule has 8 rings (SSSR count). The van der Waals surface area contributed by atoms with Crippen LogP contribution in [0.2, 0.25) is 5.02 Å². The second-order valence-electron chi connectivity index (χ2n) is 13.1. The standard InChI is InChI=1S/C39H31ClFN3O6/c1-50-31-9-5-8-30(45)33(31)34-26-18-19-27-32(37(48)43(35(27)46)25-6-3-2-4-7-25)28(26)20-29-36(47)44(42-24-16-14-23(41)15-17-24)38(49)39(29,34)21-10-12-22(40)13-11-21/h2-18,27-29,32,34,42,45H,19-20H2,1H3/t27-,28+,29-,32-,34+,39+/m0/s1. The van der Waals surface area contributed by atoms with Crippen LogP contribution in [0.4, 0.5) is 15.8 Å². The van der Waals surface area contributed by atoms with Crippen LogP contribution in [-0.4, -0.2) is 40.9 Å². The number of anilines is 2. The van der Waals surface area contributed by atoms with Crippen molar-refractivity contribution < 1.29 is 33.4 Å². The molecule has 9 nitrogen and oxygen atoms in total. The van der Waals surface area contributed by atoms with E-state index in [1.54, 1.807) is 66.7 Å². The van der Waals surface area contributed by atoms with Crippen LogP contribution in [0.3, 0.4) is 0 Å². The number of ether oxygens (including phenoxy) is 1. The maximum Gasteiger partial charge on any atom is 0.260 e. The highest BCUT2D eigenvalue weighted by molar-refractivity contribution is 6.30. The highest BCUT2D eigenvalue weighted by Gasteiger charge is 2.71. The molecule has 4 amide bonds. The Kier molecular flexibility index (Phi) is 7.52. The third kappa shape index (κ3) is 4.51. The van der Waals surface area contributed by atoms with E-state index in [1.807, 2.05) is 6.08 Å². The van der Waals surface area contributed by atoms with Gasteiger partial charge in [-0.25, -0.2) is 4.39 Å². The topological polar surface area (TPSA) is 116 Å². The summed E-state index contributed by atoms with van der Waals surface area (Å²) in [4.78, 5) is 59.5. The predicted molar refractivity (Wildman–Crippen MR) is 183 cm³/mol. The van der Waals surface area contributed by atoms with Crippen molar-refractivity contribution in [3.63, 3.8) is 0 Å². The fourth-order valence-corrected chi connectivity index (χ4v) is 8.93. The minimum atomic E-state index is -1.65. The number of methoxy groups -OCH3 is 1. The summed E-state index contributed by atoms with van der Waals surface area (Å²) in [6, 6.07) is 25.5. The van der Waals surface area contributed by atoms with Gasteiger partial charge in [-0.2, -0.15) is 5.01 Å². The summed E-state index contributed by atoms with van der Waals surface area (Å²) in [5.41, 5.74) is 3.46. The first kappa shape index (κ1) is 31.8. The number of carbonyl (C=O) groups excluding carboxylic acids is 4. The lowest BCUT2D eigenvalue weighted by Crippen LogP contribution is -2.53. The van der Waals surface area contributed by atoms with Gasteiger partial charge < -0.3 is 9.84 Å². The van der Waals surface area contributed by atoms with E-state index < -0.39 is 52.6 Å². The third-order valence-electron chi connectivity index (χ3n) is 10.8. The van der Waals surface area contributed by atoms with Gasteiger partial charge in [0.05, 0.1) is 41.7 Å². The number of para-hydroxylation sites is 1. The molecule has 252 valence electrons. The summed E-state index contributed by atoms with van der Waals surface area (Å²) < 4.78 is 19.7. The van der Waals surface area contributed by atoms with Crippen LogP contribution in [0.5, 0.6) is 11.5 Å². The second kappa shape index (κ2) is 11.8. The van der Waals surface area contributed by atoms with Crippen molar-refractivity contribution in [2.45, 2.75) is 24.2 Å². The maximum atomic E-state index is 15.2. The van der Waals surface area contributed by atoms with Gasteiger partial charge in [0, 0.05) is 16.5 Å². The smallest absolute Gasteiger partial charge is 0.260 e. The number of rotatable bonds is 6. The molecule has 1 saturated carbocycles. The molecule has 11 heteroatoms. The number of amides is 4. The Hall–Kier alpha value is -5.48.